The number of nitrogens with zero attached hydrogens (tertiary/aromatic N) is 3. The van der Waals surface area contributed by atoms with Crippen LogP contribution in [0, 0.1) is 5.41 Å². The molecule has 0 spiro atoms. The van der Waals surface area contributed by atoms with Crippen LogP contribution in [-0.4, -0.2) is 78.8 Å². The van der Waals surface area contributed by atoms with Gasteiger partial charge in [-0.2, -0.15) is 13.2 Å². The van der Waals surface area contributed by atoms with Crippen LogP contribution in [0.15, 0.2) is 30.3 Å². The van der Waals surface area contributed by atoms with Crippen LogP contribution < -0.4 is 0 Å². The molecule has 2 fully saturated rings. The van der Waals surface area contributed by atoms with Crippen LogP contribution in [0.3, 0.4) is 0 Å². The Morgan fingerprint density at radius 1 is 1.03 bits per heavy atom. The van der Waals surface area contributed by atoms with E-state index in [0.29, 0.717) is 6.54 Å². The fraction of sp³-hybridized carbons (Fsp3) is 0.600. The molecule has 1 atom stereocenters. The lowest BCUT2D eigenvalue weighted by Gasteiger charge is -2.40. The minimum atomic E-state index is -4.63. The monoisotopic (exact) mass is 413 g/mol. The van der Waals surface area contributed by atoms with Crippen molar-refractivity contribution in [2.24, 2.45) is 5.41 Å². The zero-order valence-corrected chi connectivity index (χ0v) is 16.5. The standard InChI is InChI=1S/C20H26F3N3O3/c1-2-29-18(28)26-12-10-25(11-13-26)17(27)19(20(21,22)23)8-9-24(15-19)14-16-6-4-3-5-7-16/h3-7H,2,8-15H2,1H3. The van der Waals surface area contributed by atoms with Gasteiger partial charge in [0.2, 0.25) is 5.91 Å². The number of carbonyl (C=O) groups excluding carboxylic acids is 2. The van der Waals surface area contributed by atoms with Crippen LogP contribution >= 0.6 is 0 Å². The molecule has 0 aliphatic carbocycles. The van der Waals surface area contributed by atoms with E-state index >= 15 is 0 Å². The van der Waals surface area contributed by atoms with Gasteiger partial charge < -0.3 is 14.5 Å². The Labute approximate surface area is 168 Å². The molecule has 1 unspecified atom stereocenters. The van der Waals surface area contributed by atoms with Crippen molar-refractivity contribution in [3.05, 3.63) is 35.9 Å². The average molecular weight is 413 g/mol. The maximum Gasteiger partial charge on any atom is 0.409 e. The van der Waals surface area contributed by atoms with E-state index in [1.165, 1.54) is 9.80 Å². The Hall–Kier alpha value is -2.29. The molecule has 0 aromatic heterocycles. The van der Waals surface area contributed by atoms with Gasteiger partial charge in [-0.3, -0.25) is 9.69 Å². The highest BCUT2D eigenvalue weighted by molar-refractivity contribution is 5.84. The van der Waals surface area contributed by atoms with Crippen LogP contribution in [0.5, 0.6) is 0 Å². The molecule has 0 radical (unpaired) electrons. The van der Waals surface area contributed by atoms with Crippen molar-refractivity contribution in [3.8, 4) is 0 Å². The number of benzene rings is 1. The van der Waals surface area contributed by atoms with Crippen LogP contribution in [0.4, 0.5) is 18.0 Å². The van der Waals surface area contributed by atoms with Crippen molar-refractivity contribution in [2.75, 3.05) is 45.9 Å². The van der Waals surface area contributed by atoms with E-state index in [2.05, 4.69) is 0 Å². The van der Waals surface area contributed by atoms with E-state index in [1.807, 2.05) is 30.3 Å². The highest BCUT2D eigenvalue weighted by Gasteiger charge is 2.64. The highest BCUT2D eigenvalue weighted by Crippen LogP contribution is 2.47. The molecular weight excluding hydrogens is 387 g/mol. The zero-order chi connectivity index (χ0) is 21.1. The maximum absolute atomic E-state index is 14.1. The summed E-state index contributed by atoms with van der Waals surface area (Å²) in [5.41, 5.74) is -1.48. The van der Waals surface area contributed by atoms with Gasteiger partial charge in [0, 0.05) is 39.3 Å². The predicted molar refractivity (Wildman–Crippen MR) is 100.0 cm³/mol. The molecule has 1 aromatic rings. The summed E-state index contributed by atoms with van der Waals surface area (Å²) in [5, 5.41) is 0. The topological polar surface area (TPSA) is 53.1 Å². The Kier molecular flexibility index (Phi) is 6.36. The van der Waals surface area contributed by atoms with Gasteiger partial charge >= 0.3 is 12.3 Å². The van der Waals surface area contributed by atoms with Gasteiger partial charge in [0.15, 0.2) is 5.41 Å². The number of hydrogen-bond donors (Lipinski definition) is 0. The number of piperazine rings is 1. The number of likely N-dealkylation sites (tertiary alicyclic amines) is 1. The van der Waals surface area contributed by atoms with Crippen molar-refractivity contribution >= 4 is 12.0 Å². The third-order valence-corrected chi connectivity index (χ3v) is 5.64. The molecule has 2 saturated heterocycles. The average Bonchev–Trinajstić information content (AvgIpc) is 3.14. The zero-order valence-electron chi connectivity index (χ0n) is 16.5. The number of halogens is 3. The Bertz CT molecular complexity index is 721. The van der Waals surface area contributed by atoms with E-state index < -0.39 is 23.6 Å². The summed E-state index contributed by atoms with van der Waals surface area (Å²) < 4.78 is 47.2. The van der Waals surface area contributed by atoms with Crippen molar-refractivity contribution in [3.63, 3.8) is 0 Å². The molecule has 2 aliphatic heterocycles. The van der Waals surface area contributed by atoms with Crippen molar-refractivity contribution in [1.29, 1.82) is 0 Å². The van der Waals surface area contributed by atoms with Crippen LogP contribution in [0.2, 0.25) is 0 Å². The molecule has 0 N–H and O–H groups in total. The van der Waals surface area contributed by atoms with E-state index in [9.17, 15) is 22.8 Å². The molecule has 0 bridgehead atoms. The van der Waals surface area contributed by atoms with E-state index in [1.54, 1.807) is 11.8 Å². The number of hydrogen-bond acceptors (Lipinski definition) is 4. The van der Waals surface area contributed by atoms with Gasteiger partial charge in [0.25, 0.3) is 0 Å². The largest absolute Gasteiger partial charge is 0.450 e. The lowest BCUT2D eigenvalue weighted by Crippen LogP contribution is -2.58. The first kappa shape index (κ1) is 21.4. The number of amides is 2. The molecular formula is C20H26F3N3O3. The second kappa shape index (κ2) is 8.61. The molecule has 29 heavy (non-hydrogen) atoms. The van der Waals surface area contributed by atoms with Crippen molar-refractivity contribution in [2.45, 2.75) is 26.1 Å². The number of alkyl halides is 3. The molecule has 1 aromatic carbocycles. The molecule has 9 heteroatoms. The first-order chi connectivity index (χ1) is 13.8. The van der Waals surface area contributed by atoms with Crippen LogP contribution in [0.1, 0.15) is 18.9 Å². The summed E-state index contributed by atoms with van der Waals surface area (Å²) in [6.07, 6.45) is -5.38. The summed E-state index contributed by atoms with van der Waals surface area (Å²) in [6.45, 7) is 2.66. The molecule has 0 saturated carbocycles. The first-order valence-electron chi connectivity index (χ1n) is 9.81. The van der Waals surface area contributed by atoms with Crippen LogP contribution in [-0.2, 0) is 16.1 Å². The minimum Gasteiger partial charge on any atom is -0.450 e. The van der Waals surface area contributed by atoms with E-state index in [0.717, 1.165) is 5.56 Å². The smallest absolute Gasteiger partial charge is 0.409 e. The van der Waals surface area contributed by atoms with Crippen molar-refractivity contribution in [1.82, 2.24) is 14.7 Å². The summed E-state index contributed by atoms with van der Waals surface area (Å²) in [5.74, 6) is -0.885. The summed E-state index contributed by atoms with van der Waals surface area (Å²) in [7, 11) is 0. The van der Waals surface area contributed by atoms with Gasteiger partial charge in [-0.1, -0.05) is 30.3 Å². The molecule has 2 aliphatic rings. The fourth-order valence-corrected chi connectivity index (χ4v) is 4.00. The molecule has 160 valence electrons. The second-order valence-corrected chi connectivity index (χ2v) is 7.50. The molecule has 3 rings (SSSR count). The van der Waals surface area contributed by atoms with Gasteiger partial charge in [0.1, 0.15) is 0 Å². The van der Waals surface area contributed by atoms with Gasteiger partial charge in [0.05, 0.1) is 6.61 Å². The third-order valence-electron chi connectivity index (χ3n) is 5.64. The maximum atomic E-state index is 14.1. The van der Waals surface area contributed by atoms with Crippen LogP contribution in [0.25, 0.3) is 0 Å². The lowest BCUT2D eigenvalue weighted by molar-refractivity contribution is -0.224. The number of carbonyl (C=O) groups is 2. The van der Waals surface area contributed by atoms with Crippen molar-refractivity contribution < 1.29 is 27.5 Å². The van der Waals surface area contributed by atoms with Gasteiger partial charge in [-0.15, -0.1) is 0 Å². The lowest BCUT2D eigenvalue weighted by atomic mass is 9.84. The summed E-state index contributed by atoms with van der Waals surface area (Å²) in [4.78, 5) is 29.2. The Morgan fingerprint density at radius 3 is 2.24 bits per heavy atom. The van der Waals surface area contributed by atoms with Gasteiger partial charge in [-0.05, 0) is 25.5 Å². The molecule has 2 heterocycles. The van der Waals surface area contributed by atoms with E-state index in [4.69, 9.17) is 4.74 Å². The predicted octanol–water partition coefficient (Wildman–Crippen LogP) is 2.74. The Balaban J connectivity index is 1.68. The molecule has 2 amide bonds. The second-order valence-electron chi connectivity index (χ2n) is 7.50. The SMILES string of the molecule is CCOC(=O)N1CCN(C(=O)C2(C(F)(F)F)CCN(Cc3ccccc3)C2)CC1. The van der Waals surface area contributed by atoms with E-state index in [-0.39, 0.29) is 52.3 Å². The fourth-order valence-electron chi connectivity index (χ4n) is 4.00. The summed E-state index contributed by atoms with van der Waals surface area (Å²) >= 11 is 0. The summed E-state index contributed by atoms with van der Waals surface area (Å²) in [6, 6.07) is 9.27. The first-order valence-corrected chi connectivity index (χ1v) is 9.81. The number of ether oxygens (including phenoxy) is 1. The van der Waals surface area contributed by atoms with Gasteiger partial charge in [-0.25, -0.2) is 4.79 Å². The Morgan fingerprint density at radius 2 is 1.66 bits per heavy atom. The quantitative estimate of drug-likeness (QED) is 0.762. The normalized spacial score (nSPS) is 23.3. The molecule has 6 nitrogen and oxygen atoms in total. The number of rotatable bonds is 4. The third kappa shape index (κ3) is 4.49. The highest BCUT2D eigenvalue weighted by atomic mass is 19.4. The minimum absolute atomic E-state index is 0.0775.